The summed E-state index contributed by atoms with van der Waals surface area (Å²) in [5, 5.41) is 0.836. The van der Waals surface area contributed by atoms with Gasteiger partial charge in [-0.3, -0.25) is 0 Å². The zero-order valence-electron chi connectivity index (χ0n) is 9.97. The van der Waals surface area contributed by atoms with E-state index in [4.69, 9.17) is 38.4 Å². The van der Waals surface area contributed by atoms with Gasteiger partial charge in [0, 0.05) is 12.1 Å². The van der Waals surface area contributed by atoms with Crippen molar-refractivity contribution in [2.45, 2.75) is 6.42 Å². The summed E-state index contributed by atoms with van der Waals surface area (Å²) in [6.45, 7) is 1.44. The lowest BCUT2D eigenvalue weighted by molar-refractivity contribution is 0.312. The van der Waals surface area contributed by atoms with Gasteiger partial charge >= 0.3 is 0 Å². The predicted molar refractivity (Wildman–Crippen MR) is 87.1 cm³/mol. The highest BCUT2D eigenvalue weighted by Gasteiger charge is 2.10. The number of nitrogens with two attached hydrogens (primary N) is 1. The quantitative estimate of drug-likeness (QED) is 0.632. The number of ether oxygens (including phenoxy) is 2. The van der Waals surface area contributed by atoms with Crippen LogP contribution in [0.5, 0.6) is 11.5 Å². The fraction of sp³-hybridized carbons (Fsp3) is 0.333. The molecule has 0 aliphatic heterocycles. The van der Waals surface area contributed by atoms with E-state index >= 15 is 0 Å². The number of hydrogen-bond donors (Lipinski definition) is 1. The van der Waals surface area contributed by atoms with E-state index in [1.165, 1.54) is 0 Å². The van der Waals surface area contributed by atoms with E-state index in [0.29, 0.717) is 41.3 Å². The standard InChI is InChI=1S/C12H13Br2Cl2NO2/c13-11(14)2-5-18-8-6-9(15)12(10(16)7-8)19-4-1-3-17/h2,6-7H,1,3-5,17H2. The van der Waals surface area contributed by atoms with Crippen molar-refractivity contribution in [2.75, 3.05) is 19.8 Å². The summed E-state index contributed by atoms with van der Waals surface area (Å²) in [5.74, 6) is 1.04. The predicted octanol–water partition coefficient (Wildman–Crippen LogP) is 4.73. The second kappa shape index (κ2) is 9.08. The highest BCUT2D eigenvalue weighted by molar-refractivity contribution is 9.28. The lowest BCUT2D eigenvalue weighted by Gasteiger charge is -2.11. The smallest absolute Gasteiger partial charge is 0.156 e. The maximum Gasteiger partial charge on any atom is 0.156 e. The Balaban J connectivity index is 2.70. The van der Waals surface area contributed by atoms with E-state index in [2.05, 4.69) is 31.9 Å². The van der Waals surface area contributed by atoms with Gasteiger partial charge in [-0.2, -0.15) is 0 Å². The molecule has 3 nitrogen and oxygen atoms in total. The van der Waals surface area contributed by atoms with Crippen molar-refractivity contribution in [3.8, 4) is 11.5 Å². The minimum atomic E-state index is 0.395. The molecular formula is C12H13Br2Cl2NO2. The summed E-state index contributed by atoms with van der Waals surface area (Å²) in [4.78, 5) is 0. The topological polar surface area (TPSA) is 44.5 Å². The van der Waals surface area contributed by atoms with Crippen LogP contribution in [0.2, 0.25) is 10.0 Å². The van der Waals surface area contributed by atoms with E-state index < -0.39 is 0 Å². The Morgan fingerprint density at radius 1 is 1.21 bits per heavy atom. The molecule has 0 bridgehead atoms. The lowest BCUT2D eigenvalue weighted by atomic mass is 10.3. The van der Waals surface area contributed by atoms with Crippen molar-refractivity contribution in [1.29, 1.82) is 0 Å². The molecule has 0 spiro atoms. The largest absolute Gasteiger partial charge is 0.490 e. The molecule has 19 heavy (non-hydrogen) atoms. The third-order valence-electron chi connectivity index (χ3n) is 2.05. The molecule has 0 atom stereocenters. The second-order valence-corrected chi connectivity index (χ2v) is 7.10. The minimum Gasteiger partial charge on any atom is -0.490 e. The third kappa shape index (κ3) is 6.36. The van der Waals surface area contributed by atoms with Gasteiger partial charge in [0.25, 0.3) is 0 Å². The molecule has 0 aliphatic carbocycles. The summed E-state index contributed by atoms with van der Waals surface area (Å²) in [6, 6.07) is 3.34. The van der Waals surface area contributed by atoms with Crippen LogP contribution in [0.25, 0.3) is 0 Å². The molecule has 0 aliphatic rings. The van der Waals surface area contributed by atoms with Gasteiger partial charge < -0.3 is 15.2 Å². The number of benzene rings is 1. The van der Waals surface area contributed by atoms with Crippen LogP contribution in [0.1, 0.15) is 6.42 Å². The van der Waals surface area contributed by atoms with Gasteiger partial charge in [0.15, 0.2) is 5.75 Å². The van der Waals surface area contributed by atoms with Crippen molar-refractivity contribution in [2.24, 2.45) is 5.73 Å². The van der Waals surface area contributed by atoms with Crippen molar-refractivity contribution >= 4 is 55.1 Å². The first-order valence-corrected chi connectivity index (χ1v) is 7.84. The maximum atomic E-state index is 6.10. The Morgan fingerprint density at radius 2 is 1.84 bits per heavy atom. The van der Waals surface area contributed by atoms with Gasteiger partial charge in [0.2, 0.25) is 0 Å². The molecule has 1 aromatic rings. The SMILES string of the molecule is NCCCOc1c(Cl)cc(OCC=C(Br)Br)cc1Cl. The highest BCUT2D eigenvalue weighted by atomic mass is 79.9. The van der Waals surface area contributed by atoms with Gasteiger partial charge in [-0.15, -0.1) is 0 Å². The summed E-state index contributed by atoms with van der Waals surface area (Å²) in [6.07, 6.45) is 2.56. The molecule has 1 aromatic carbocycles. The first-order chi connectivity index (χ1) is 9.04. The summed E-state index contributed by atoms with van der Waals surface area (Å²) >= 11 is 18.7. The van der Waals surface area contributed by atoms with Crippen molar-refractivity contribution in [1.82, 2.24) is 0 Å². The fourth-order valence-electron chi connectivity index (χ4n) is 1.22. The molecule has 2 N–H and O–H groups in total. The molecule has 7 heteroatoms. The summed E-state index contributed by atoms with van der Waals surface area (Å²) in [5.41, 5.74) is 5.39. The second-order valence-electron chi connectivity index (χ2n) is 3.51. The molecular weight excluding hydrogens is 421 g/mol. The summed E-state index contributed by atoms with van der Waals surface area (Å²) in [7, 11) is 0. The van der Waals surface area contributed by atoms with E-state index in [1.807, 2.05) is 6.08 Å². The van der Waals surface area contributed by atoms with Crippen LogP contribution < -0.4 is 15.2 Å². The van der Waals surface area contributed by atoms with Crippen LogP contribution in [-0.2, 0) is 0 Å². The van der Waals surface area contributed by atoms with Crippen LogP contribution in [0, 0.1) is 0 Å². The average molecular weight is 434 g/mol. The Hall–Kier alpha value is 0.0600. The van der Waals surface area contributed by atoms with Gasteiger partial charge in [0.05, 0.1) is 20.0 Å². The minimum absolute atomic E-state index is 0.395. The number of rotatable bonds is 7. The van der Waals surface area contributed by atoms with Gasteiger partial charge in [0.1, 0.15) is 12.4 Å². The van der Waals surface area contributed by atoms with Crippen LogP contribution in [0.3, 0.4) is 0 Å². The van der Waals surface area contributed by atoms with Gasteiger partial charge in [-0.1, -0.05) is 23.2 Å². The van der Waals surface area contributed by atoms with Gasteiger partial charge in [-0.25, -0.2) is 0 Å². The normalized spacial score (nSPS) is 10.2. The molecule has 0 heterocycles. The monoisotopic (exact) mass is 431 g/mol. The molecule has 106 valence electrons. The first kappa shape index (κ1) is 17.1. The van der Waals surface area contributed by atoms with Crippen molar-refractivity contribution < 1.29 is 9.47 Å². The Morgan fingerprint density at radius 3 is 2.37 bits per heavy atom. The maximum absolute atomic E-state index is 6.10. The van der Waals surface area contributed by atoms with Crippen LogP contribution in [-0.4, -0.2) is 19.8 Å². The van der Waals surface area contributed by atoms with Crippen LogP contribution >= 0.6 is 55.1 Å². The molecule has 0 fully saturated rings. The fourth-order valence-corrected chi connectivity index (χ4v) is 2.06. The van der Waals surface area contributed by atoms with Crippen LogP contribution in [0.15, 0.2) is 21.6 Å². The van der Waals surface area contributed by atoms with Crippen molar-refractivity contribution in [3.63, 3.8) is 0 Å². The van der Waals surface area contributed by atoms with E-state index in [-0.39, 0.29) is 0 Å². The molecule has 0 saturated heterocycles. The number of hydrogen-bond acceptors (Lipinski definition) is 3. The summed E-state index contributed by atoms with van der Waals surface area (Å²) < 4.78 is 11.8. The lowest BCUT2D eigenvalue weighted by Crippen LogP contribution is -2.06. The van der Waals surface area contributed by atoms with E-state index in [1.54, 1.807) is 12.1 Å². The van der Waals surface area contributed by atoms with E-state index in [0.717, 1.165) is 9.81 Å². The molecule has 0 amide bonds. The number of halogens is 4. The van der Waals surface area contributed by atoms with Crippen molar-refractivity contribution in [3.05, 3.63) is 31.6 Å². The first-order valence-electron chi connectivity index (χ1n) is 5.50. The zero-order chi connectivity index (χ0) is 14.3. The molecule has 0 radical (unpaired) electrons. The Labute approximate surface area is 139 Å². The van der Waals surface area contributed by atoms with Crippen LogP contribution in [0.4, 0.5) is 0 Å². The van der Waals surface area contributed by atoms with Gasteiger partial charge in [-0.05, 0) is 50.9 Å². The van der Waals surface area contributed by atoms with E-state index in [9.17, 15) is 0 Å². The Kier molecular flexibility index (Phi) is 8.18. The zero-order valence-corrected chi connectivity index (χ0v) is 14.7. The average Bonchev–Trinajstić information content (AvgIpc) is 2.32. The molecule has 0 unspecified atom stereocenters. The molecule has 0 aromatic heterocycles. The molecule has 1 rings (SSSR count). The highest BCUT2D eigenvalue weighted by Crippen LogP contribution is 2.37. The Bertz CT molecular complexity index is 428. The molecule has 0 saturated carbocycles. The third-order valence-corrected chi connectivity index (χ3v) is 3.26.